The molecule has 1 N–H and O–H groups in total. The lowest BCUT2D eigenvalue weighted by Crippen LogP contribution is -1.97. The average molecular weight is 345 g/mol. The molecular weight excluding hydrogens is 304 g/mol. The first kappa shape index (κ1) is 23.7. The Morgan fingerprint density at radius 3 is 1.20 bits per heavy atom. The van der Waals surface area contributed by atoms with E-state index in [1.54, 1.807) is 0 Å². The van der Waals surface area contributed by atoms with E-state index in [9.17, 15) is 0 Å². The van der Waals surface area contributed by atoms with E-state index < -0.39 is 0 Å². The van der Waals surface area contributed by atoms with Gasteiger partial charge >= 0.3 is 0 Å². The molecule has 1 heteroatoms. The second-order valence-corrected chi connectivity index (χ2v) is 6.54. The van der Waals surface area contributed by atoms with E-state index in [1.165, 1.54) is 0 Å². The Balaban J connectivity index is 3.35. The van der Waals surface area contributed by atoms with Crippen LogP contribution in [0.25, 0.3) is 0 Å². The Hall–Kier alpha value is -1.34. The second-order valence-electron chi connectivity index (χ2n) is 6.54. The molecule has 1 unspecified atom stereocenters. The van der Waals surface area contributed by atoms with Gasteiger partial charge in [0.05, 0.1) is 6.10 Å². The summed E-state index contributed by atoms with van der Waals surface area (Å²) in [6, 6.07) is 0. The molecule has 0 heterocycles. The van der Waals surface area contributed by atoms with Gasteiger partial charge in [0.25, 0.3) is 0 Å². The standard InChI is InChI=1S/C24H40O/c1-3-4-5-6-7-8-9-10-11-12-13-14-15-16-17-18-19-20-21-22-23-24(2)25/h3-4,7-8,11-12,15-16,19-20,24-25H,5-6,9-10,13-14,17-18,21-23H2,1-2H3. The van der Waals surface area contributed by atoms with Crippen LogP contribution in [0.2, 0.25) is 0 Å². The van der Waals surface area contributed by atoms with Gasteiger partial charge in [-0.1, -0.05) is 60.8 Å². The molecule has 1 nitrogen and oxygen atoms in total. The van der Waals surface area contributed by atoms with Crippen LogP contribution in [0.5, 0.6) is 0 Å². The van der Waals surface area contributed by atoms with E-state index in [1.807, 2.05) is 6.92 Å². The van der Waals surface area contributed by atoms with Crippen molar-refractivity contribution in [3.05, 3.63) is 60.8 Å². The minimum atomic E-state index is -0.157. The Morgan fingerprint density at radius 2 is 0.880 bits per heavy atom. The normalized spacial score (nSPS) is 14.2. The third-order valence-electron chi connectivity index (χ3n) is 3.90. The molecule has 25 heavy (non-hydrogen) atoms. The van der Waals surface area contributed by atoms with Crippen LogP contribution in [-0.4, -0.2) is 11.2 Å². The predicted molar refractivity (Wildman–Crippen MR) is 114 cm³/mol. The number of rotatable bonds is 16. The summed E-state index contributed by atoms with van der Waals surface area (Å²) in [7, 11) is 0. The van der Waals surface area contributed by atoms with Crippen LogP contribution in [0.15, 0.2) is 60.8 Å². The van der Waals surface area contributed by atoms with Gasteiger partial charge in [-0.15, -0.1) is 0 Å². The molecule has 0 fully saturated rings. The SMILES string of the molecule is CC=CCCC=CCCC=CCCC=CCCC=CCCCC(C)O. The molecule has 0 aromatic rings. The van der Waals surface area contributed by atoms with Crippen LogP contribution < -0.4 is 0 Å². The molecule has 1 atom stereocenters. The average Bonchev–Trinajstić information content (AvgIpc) is 2.60. The fraction of sp³-hybridized carbons (Fsp3) is 0.583. The highest BCUT2D eigenvalue weighted by molar-refractivity contribution is 4.92. The van der Waals surface area contributed by atoms with Crippen molar-refractivity contribution in [1.29, 1.82) is 0 Å². The van der Waals surface area contributed by atoms with Crippen LogP contribution in [0.1, 0.15) is 84.5 Å². The zero-order valence-corrected chi connectivity index (χ0v) is 16.6. The number of hydrogen-bond acceptors (Lipinski definition) is 1. The minimum Gasteiger partial charge on any atom is -0.393 e. The lowest BCUT2D eigenvalue weighted by molar-refractivity contribution is 0.182. The van der Waals surface area contributed by atoms with Crippen molar-refractivity contribution in [2.75, 3.05) is 0 Å². The van der Waals surface area contributed by atoms with Crippen LogP contribution in [-0.2, 0) is 0 Å². The van der Waals surface area contributed by atoms with E-state index >= 15 is 0 Å². The monoisotopic (exact) mass is 344 g/mol. The molecule has 0 aliphatic carbocycles. The summed E-state index contributed by atoms with van der Waals surface area (Å²) in [6.45, 7) is 3.93. The molecule has 0 saturated heterocycles. The summed E-state index contributed by atoms with van der Waals surface area (Å²) >= 11 is 0. The van der Waals surface area contributed by atoms with Gasteiger partial charge in [0.2, 0.25) is 0 Å². The molecule has 0 spiro atoms. The highest BCUT2D eigenvalue weighted by atomic mass is 16.3. The number of allylic oxidation sites excluding steroid dienone is 10. The summed E-state index contributed by atoms with van der Waals surface area (Å²) in [6.07, 6.45) is 34.7. The van der Waals surface area contributed by atoms with Gasteiger partial charge in [-0.25, -0.2) is 0 Å². The van der Waals surface area contributed by atoms with Gasteiger partial charge in [-0.2, -0.15) is 0 Å². The highest BCUT2D eigenvalue weighted by Gasteiger charge is 1.92. The van der Waals surface area contributed by atoms with Crippen molar-refractivity contribution in [3.63, 3.8) is 0 Å². The first-order valence-electron chi connectivity index (χ1n) is 10.2. The van der Waals surface area contributed by atoms with E-state index in [2.05, 4.69) is 67.7 Å². The second kappa shape index (κ2) is 20.7. The van der Waals surface area contributed by atoms with Crippen molar-refractivity contribution < 1.29 is 5.11 Å². The van der Waals surface area contributed by atoms with Gasteiger partial charge in [-0.05, 0) is 84.5 Å². The number of aliphatic hydroxyl groups is 1. The van der Waals surface area contributed by atoms with Crippen molar-refractivity contribution in [2.24, 2.45) is 0 Å². The molecule has 0 aromatic carbocycles. The summed E-state index contributed by atoms with van der Waals surface area (Å²) in [5.74, 6) is 0. The lowest BCUT2D eigenvalue weighted by Gasteiger charge is -1.99. The highest BCUT2D eigenvalue weighted by Crippen LogP contribution is 2.03. The van der Waals surface area contributed by atoms with Crippen molar-refractivity contribution in [2.45, 2.75) is 90.6 Å². The molecule has 0 saturated carbocycles. The third kappa shape index (κ3) is 22.7. The summed E-state index contributed by atoms with van der Waals surface area (Å²) < 4.78 is 0. The van der Waals surface area contributed by atoms with Gasteiger partial charge in [0.15, 0.2) is 0 Å². The topological polar surface area (TPSA) is 20.2 Å². The quantitative estimate of drug-likeness (QED) is 0.227. The predicted octanol–water partition coefficient (Wildman–Crippen LogP) is 7.46. The van der Waals surface area contributed by atoms with E-state index in [-0.39, 0.29) is 6.10 Å². The smallest absolute Gasteiger partial charge is 0.0512 e. The van der Waals surface area contributed by atoms with Gasteiger partial charge in [-0.3, -0.25) is 0 Å². The molecule has 0 rings (SSSR count). The summed E-state index contributed by atoms with van der Waals surface area (Å²) in [4.78, 5) is 0. The zero-order valence-electron chi connectivity index (χ0n) is 16.6. The van der Waals surface area contributed by atoms with E-state index in [4.69, 9.17) is 5.11 Å². The molecule has 0 radical (unpaired) electrons. The summed E-state index contributed by atoms with van der Waals surface area (Å²) in [5, 5.41) is 9.16. The van der Waals surface area contributed by atoms with Crippen LogP contribution in [0.3, 0.4) is 0 Å². The minimum absolute atomic E-state index is 0.157. The van der Waals surface area contributed by atoms with E-state index in [0.717, 1.165) is 70.6 Å². The Bertz CT molecular complexity index is 396. The largest absolute Gasteiger partial charge is 0.393 e. The van der Waals surface area contributed by atoms with Crippen molar-refractivity contribution in [1.82, 2.24) is 0 Å². The maximum Gasteiger partial charge on any atom is 0.0512 e. The van der Waals surface area contributed by atoms with Crippen molar-refractivity contribution >= 4 is 0 Å². The molecule has 0 aliphatic heterocycles. The number of aliphatic hydroxyl groups excluding tert-OH is 1. The van der Waals surface area contributed by atoms with E-state index in [0.29, 0.717) is 0 Å². The maximum absolute atomic E-state index is 9.16. The first-order chi connectivity index (χ1) is 12.3. The van der Waals surface area contributed by atoms with Crippen LogP contribution >= 0.6 is 0 Å². The fourth-order valence-corrected chi connectivity index (χ4v) is 2.41. The number of hydrogen-bond donors (Lipinski definition) is 1. The van der Waals surface area contributed by atoms with Gasteiger partial charge in [0.1, 0.15) is 0 Å². The molecule has 0 bridgehead atoms. The number of unbranched alkanes of at least 4 members (excludes halogenated alkanes) is 5. The zero-order chi connectivity index (χ0) is 18.4. The van der Waals surface area contributed by atoms with Crippen molar-refractivity contribution in [3.8, 4) is 0 Å². The lowest BCUT2D eigenvalue weighted by atomic mass is 10.1. The summed E-state index contributed by atoms with van der Waals surface area (Å²) in [5.41, 5.74) is 0. The third-order valence-corrected chi connectivity index (χ3v) is 3.90. The van der Waals surface area contributed by atoms with Gasteiger partial charge < -0.3 is 5.11 Å². The molecule has 0 aliphatic rings. The molecular formula is C24H40O. The van der Waals surface area contributed by atoms with Crippen LogP contribution in [0.4, 0.5) is 0 Å². The Morgan fingerprint density at radius 1 is 0.560 bits per heavy atom. The fourth-order valence-electron chi connectivity index (χ4n) is 2.41. The Labute approximate surface area is 156 Å². The molecule has 0 aromatic heterocycles. The molecule has 0 amide bonds. The van der Waals surface area contributed by atoms with Crippen LogP contribution in [0, 0.1) is 0 Å². The van der Waals surface area contributed by atoms with Gasteiger partial charge in [0, 0.05) is 0 Å². The first-order valence-corrected chi connectivity index (χ1v) is 10.2. The Kier molecular flexibility index (Phi) is 19.6. The maximum atomic E-state index is 9.16. The molecule has 142 valence electrons.